The van der Waals surface area contributed by atoms with E-state index in [0.29, 0.717) is 34.3 Å². The first-order chi connectivity index (χ1) is 13.4. The second-order valence-electron chi connectivity index (χ2n) is 7.48. The molecule has 0 radical (unpaired) electrons. The fourth-order valence-electron chi connectivity index (χ4n) is 3.96. The van der Waals surface area contributed by atoms with Gasteiger partial charge in [-0.3, -0.25) is 0 Å². The summed E-state index contributed by atoms with van der Waals surface area (Å²) in [6.07, 6.45) is 3.86. The van der Waals surface area contributed by atoms with Crippen LogP contribution in [0.4, 0.5) is 4.79 Å². The maximum Gasteiger partial charge on any atom is 0.338 e. The minimum Gasteiger partial charge on any atom is -0.497 e. The van der Waals surface area contributed by atoms with Gasteiger partial charge >= 0.3 is 12.0 Å². The number of ether oxygens (including phenoxy) is 3. The molecule has 28 heavy (non-hydrogen) atoms. The van der Waals surface area contributed by atoms with Crippen molar-refractivity contribution in [1.82, 2.24) is 10.6 Å². The van der Waals surface area contributed by atoms with Crippen LogP contribution in [0, 0.1) is 5.92 Å². The van der Waals surface area contributed by atoms with E-state index in [4.69, 9.17) is 14.2 Å². The highest BCUT2D eigenvalue weighted by Gasteiger charge is 2.35. The Morgan fingerprint density at radius 3 is 2.64 bits per heavy atom. The number of rotatable bonds is 5. The van der Waals surface area contributed by atoms with E-state index in [1.165, 1.54) is 0 Å². The smallest absolute Gasteiger partial charge is 0.338 e. The Kier molecular flexibility index (Phi) is 6.11. The molecular weight excluding hydrogens is 360 g/mol. The number of carbonyl (C=O) groups is 2. The van der Waals surface area contributed by atoms with Gasteiger partial charge in [0.15, 0.2) is 0 Å². The zero-order valence-corrected chi connectivity index (χ0v) is 16.8. The van der Waals surface area contributed by atoms with E-state index in [9.17, 15) is 9.59 Å². The van der Waals surface area contributed by atoms with Crippen molar-refractivity contribution >= 4 is 12.0 Å². The van der Waals surface area contributed by atoms with Gasteiger partial charge in [0.1, 0.15) is 17.6 Å². The lowest BCUT2D eigenvalue weighted by molar-refractivity contribution is -0.146. The molecule has 1 fully saturated rings. The summed E-state index contributed by atoms with van der Waals surface area (Å²) < 4.78 is 16.6. The summed E-state index contributed by atoms with van der Waals surface area (Å²) in [5.41, 5.74) is 1.50. The Hall–Kier alpha value is -2.70. The van der Waals surface area contributed by atoms with Crippen molar-refractivity contribution in [3.63, 3.8) is 0 Å². The lowest BCUT2D eigenvalue weighted by Crippen LogP contribution is -2.45. The minimum atomic E-state index is -0.688. The van der Waals surface area contributed by atoms with Crippen molar-refractivity contribution in [2.75, 3.05) is 14.2 Å². The molecule has 1 saturated carbocycles. The predicted molar refractivity (Wildman–Crippen MR) is 104 cm³/mol. The molecule has 152 valence electrons. The number of urea groups is 1. The summed E-state index contributed by atoms with van der Waals surface area (Å²) in [5.74, 6) is 1.28. The van der Waals surface area contributed by atoms with Gasteiger partial charge in [-0.05, 0) is 50.3 Å². The van der Waals surface area contributed by atoms with E-state index in [1.807, 2.05) is 0 Å². The van der Waals surface area contributed by atoms with Crippen LogP contribution >= 0.6 is 0 Å². The first kappa shape index (κ1) is 20.0. The molecule has 0 bridgehead atoms. The van der Waals surface area contributed by atoms with Crippen LogP contribution in [0.2, 0.25) is 0 Å². The Morgan fingerprint density at radius 1 is 1.18 bits per heavy atom. The van der Waals surface area contributed by atoms with Gasteiger partial charge in [-0.2, -0.15) is 0 Å². The van der Waals surface area contributed by atoms with Gasteiger partial charge in [0.25, 0.3) is 0 Å². The third-order valence-corrected chi connectivity index (χ3v) is 5.40. The largest absolute Gasteiger partial charge is 0.497 e. The number of nitrogens with one attached hydrogen (secondary N) is 2. The van der Waals surface area contributed by atoms with Crippen molar-refractivity contribution in [2.45, 2.75) is 51.7 Å². The van der Waals surface area contributed by atoms with E-state index in [-0.39, 0.29) is 12.1 Å². The molecule has 3 rings (SSSR count). The number of benzene rings is 1. The quantitative estimate of drug-likeness (QED) is 0.755. The Bertz CT molecular complexity index is 789. The molecule has 2 aliphatic rings. The number of allylic oxidation sites excluding steroid dienone is 1. The van der Waals surface area contributed by atoms with E-state index in [1.54, 1.807) is 39.3 Å². The van der Waals surface area contributed by atoms with E-state index >= 15 is 0 Å². The normalized spacial score (nSPS) is 24.9. The SMILES string of the molecule is COc1ccc(OC)c([C@H]2NC(=O)NC(C)=C2C(=O)O[C@H]2CCC[C@@H](C)C2)c1. The van der Waals surface area contributed by atoms with Gasteiger partial charge in [-0.25, -0.2) is 9.59 Å². The highest BCUT2D eigenvalue weighted by molar-refractivity contribution is 5.95. The number of methoxy groups -OCH3 is 2. The van der Waals surface area contributed by atoms with E-state index < -0.39 is 12.0 Å². The lowest BCUT2D eigenvalue weighted by atomic mass is 9.88. The summed E-state index contributed by atoms with van der Waals surface area (Å²) >= 11 is 0. The summed E-state index contributed by atoms with van der Waals surface area (Å²) in [6.45, 7) is 3.88. The summed E-state index contributed by atoms with van der Waals surface area (Å²) in [5, 5.41) is 5.50. The molecule has 1 aliphatic heterocycles. The Morgan fingerprint density at radius 2 is 1.96 bits per heavy atom. The van der Waals surface area contributed by atoms with Crippen molar-refractivity contribution in [1.29, 1.82) is 0 Å². The topological polar surface area (TPSA) is 85.9 Å². The number of amides is 2. The molecule has 0 aromatic heterocycles. The van der Waals surface area contributed by atoms with Crippen LogP contribution in [0.1, 0.15) is 51.1 Å². The molecule has 1 aromatic rings. The van der Waals surface area contributed by atoms with E-state index in [2.05, 4.69) is 17.6 Å². The van der Waals surface area contributed by atoms with Crippen LogP contribution in [0.25, 0.3) is 0 Å². The van der Waals surface area contributed by atoms with Crippen LogP contribution in [-0.4, -0.2) is 32.3 Å². The van der Waals surface area contributed by atoms with Crippen LogP contribution in [-0.2, 0) is 9.53 Å². The third-order valence-electron chi connectivity index (χ3n) is 5.40. The molecule has 3 atom stereocenters. The van der Waals surface area contributed by atoms with Gasteiger partial charge in [-0.15, -0.1) is 0 Å². The highest BCUT2D eigenvalue weighted by atomic mass is 16.5. The van der Waals surface area contributed by atoms with Crippen molar-refractivity contribution in [3.05, 3.63) is 35.0 Å². The fraction of sp³-hybridized carbons (Fsp3) is 0.524. The summed E-state index contributed by atoms with van der Waals surface area (Å²) in [7, 11) is 3.11. The summed E-state index contributed by atoms with van der Waals surface area (Å²) in [4.78, 5) is 25.2. The second kappa shape index (κ2) is 8.54. The highest BCUT2D eigenvalue weighted by Crippen LogP contribution is 2.36. The zero-order chi connectivity index (χ0) is 20.3. The Labute approximate surface area is 165 Å². The Balaban J connectivity index is 1.94. The van der Waals surface area contributed by atoms with Crippen molar-refractivity contribution in [2.24, 2.45) is 5.92 Å². The second-order valence-corrected chi connectivity index (χ2v) is 7.48. The standard InChI is InChI=1S/C21H28N2O5/c1-12-6-5-7-15(10-12)28-20(24)18-13(2)22-21(25)23-19(18)16-11-14(26-3)8-9-17(16)27-4/h8-9,11-12,15,19H,5-7,10H2,1-4H3,(H2,22,23,25)/t12-,15+,19-/m1/s1. The molecule has 1 heterocycles. The number of hydrogen-bond donors (Lipinski definition) is 2. The van der Waals surface area contributed by atoms with Gasteiger partial charge < -0.3 is 24.8 Å². The monoisotopic (exact) mass is 388 g/mol. The molecule has 0 spiro atoms. The molecule has 0 unspecified atom stereocenters. The number of carbonyl (C=O) groups excluding carboxylic acids is 2. The maximum atomic E-state index is 13.1. The third kappa shape index (κ3) is 4.24. The van der Waals surface area contributed by atoms with Crippen LogP contribution in [0.5, 0.6) is 11.5 Å². The molecule has 7 heteroatoms. The zero-order valence-electron chi connectivity index (χ0n) is 16.8. The molecule has 7 nitrogen and oxygen atoms in total. The van der Waals surface area contributed by atoms with Crippen LogP contribution in [0.15, 0.2) is 29.5 Å². The molecule has 1 aromatic carbocycles. The minimum absolute atomic E-state index is 0.0953. The predicted octanol–water partition coefficient (Wildman–Crippen LogP) is 3.45. The van der Waals surface area contributed by atoms with Crippen LogP contribution in [0.3, 0.4) is 0 Å². The van der Waals surface area contributed by atoms with Crippen LogP contribution < -0.4 is 20.1 Å². The van der Waals surface area contributed by atoms with Crippen molar-refractivity contribution < 1.29 is 23.8 Å². The maximum absolute atomic E-state index is 13.1. The number of esters is 1. The average Bonchev–Trinajstić information content (AvgIpc) is 2.66. The van der Waals surface area contributed by atoms with Gasteiger partial charge in [-0.1, -0.05) is 13.3 Å². The lowest BCUT2D eigenvalue weighted by Gasteiger charge is -2.31. The van der Waals surface area contributed by atoms with Gasteiger partial charge in [0, 0.05) is 11.3 Å². The fourth-order valence-corrected chi connectivity index (χ4v) is 3.96. The molecule has 1 aliphatic carbocycles. The molecular formula is C21H28N2O5. The van der Waals surface area contributed by atoms with Crippen molar-refractivity contribution in [3.8, 4) is 11.5 Å². The average molecular weight is 388 g/mol. The summed E-state index contributed by atoms with van der Waals surface area (Å²) in [6, 6.07) is 4.22. The molecule has 0 saturated heterocycles. The first-order valence-electron chi connectivity index (χ1n) is 9.64. The molecule has 2 N–H and O–H groups in total. The molecule has 2 amide bonds. The van der Waals surface area contributed by atoms with E-state index in [0.717, 1.165) is 25.7 Å². The van der Waals surface area contributed by atoms with Gasteiger partial charge in [0.2, 0.25) is 0 Å². The number of hydrogen-bond acceptors (Lipinski definition) is 5. The van der Waals surface area contributed by atoms with Gasteiger partial charge in [0.05, 0.1) is 25.8 Å². The first-order valence-corrected chi connectivity index (χ1v) is 9.64.